The monoisotopic (exact) mass is 542 g/mol. The maximum Gasteiger partial charge on any atom is -0.00247 e. The number of nitrogens with zero attached hydrogens (tertiary/aromatic N) is 1. The predicted octanol–water partition coefficient (Wildman–Crippen LogP) is 12.9. The Hall–Kier alpha value is -1.08. The molecule has 0 unspecified atom stereocenters. The number of rotatable bonds is 31. The van der Waals surface area contributed by atoms with E-state index < -0.39 is 0 Å². The van der Waals surface area contributed by atoms with Crippen LogP contribution in [0.1, 0.15) is 174 Å². The molecule has 0 aromatic carbocycles. The summed E-state index contributed by atoms with van der Waals surface area (Å²) in [5.74, 6) is 0. The zero-order chi connectivity index (χ0) is 28.3. The van der Waals surface area contributed by atoms with Crippen LogP contribution in [0.5, 0.6) is 0 Å². The van der Waals surface area contributed by atoms with Crippen molar-refractivity contribution in [3.8, 4) is 0 Å². The van der Waals surface area contributed by atoms with Gasteiger partial charge in [0.05, 0.1) is 0 Å². The van der Waals surface area contributed by atoms with Gasteiger partial charge in [0, 0.05) is 0 Å². The molecule has 0 radical (unpaired) electrons. The standard InChI is InChI=1S/C38H71N/c1-4-5-6-7-8-9-10-11-12-13-14-15-16-17-18-19-20-21-22-23-24-25-26-27-28-29-30-31-32-33-34-35-36-37-38-39(2)3/h8-9,11-12,30-31,33-34H,4-7,10,13-29,32,35-38H2,1-3H3/b9-8-,12-11-,31-30-,34-33-. The fourth-order valence-corrected chi connectivity index (χ4v) is 5.04. The van der Waals surface area contributed by atoms with Gasteiger partial charge >= 0.3 is 0 Å². The Bertz CT molecular complexity index is 553. The van der Waals surface area contributed by atoms with E-state index in [2.05, 4.69) is 74.5 Å². The van der Waals surface area contributed by atoms with Crippen molar-refractivity contribution >= 4 is 0 Å². The molecule has 0 saturated heterocycles. The van der Waals surface area contributed by atoms with E-state index in [9.17, 15) is 0 Å². The van der Waals surface area contributed by atoms with Crippen LogP contribution < -0.4 is 0 Å². The van der Waals surface area contributed by atoms with Crippen LogP contribution in [0.15, 0.2) is 48.6 Å². The van der Waals surface area contributed by atoms with E-state index >= 15 is 0 Å². The van der Waals surface area contributed by atoms with E-state index in [1.165, 1.54) is 161 Å². The lowest BCUT2D eigenvalue weighted by Crippen LogP contribution is -2.12. The average Bonchev–Trinajstić information content (AvgIpc) is 2.93. The zero-order valence-electron chi connectivity index (χ0n) is 27.2. The lowest BCUT2D eigenvalue weighted by molar-refractivity contribution is 0.395. The molecule has 0 amide bonds. The molecule has 228 valence electrons. The minimum atomic E-state index is 1.11. The van der Waals surface area contributed by atoms with Crippen LogP contribution >= 0.6 is 0 Å². The molecule has 0 heterocycles. The molecule has 0 aromatic heterocycles. The van der Waals surface area contributed by atoms with Crippen molar-refractivity contribution in [2.45, 2.75) is 174 Å². The van der Waals surface area contributed by atoms with Crippen LogP contribution in [0.2, 0.25) is 0 Å². The van der Waals surface area contributed by atoms with E-state index in [0.717, 1.165) is 12.8 Å². The van der Waals surface area contributed by atoms with Crippen molar-refractivity contribution in [3.63, 3.8) is 0 Å². The summed E-state index contributed by atoms with van der Waals surface area (Å²) in [5, 5.41) is 0. The van der Waals surface area contributed by atoms with Crippen LogP contribution in [0, 0.1) is 0 Å². The highest BCUT2D eigenvalue weighted by Crippen LogP contribution is 2.14. The van der Waals surface area contributed by atoms with Gasteiger partial charge in [-0.15, -0.1) is 0 Å². The molecule has 0 aromatic rings. The maximum absolute atomic E-state index is 2.39. The van der Waals surface area contributed by atoms with Gasteiger partial charge in [-0.05, 0) is 91.3 Å². The Morgan fingerprint density at radius 2 is 0.615 bits per heavy atom. The van der Waals surface area contributed by atoms with E-state index in [4.69, 9.17) is 0 Å². The summed E-state index contributed by atoms with van der Waals surface area (Å²) in [6.45, 7) is 3.48. The van der Waals surface area contributed by atoms with E-state index in [1.807, 2.05) is 0 Å². The highest BCUT2D eigenvalue weighted by molar-refractivity contribution is 4.93. The molecule has 0 aliphatic carbocycles. The Kier molecular flexibility index (Phi) is 34.0. The number of hydrogen-bond acceptors (Lipinski definition) is 1. The second kappa shape index (κ2) is 34.9. The average molecular weight is 542 g/mol. The Labute approximate surface area is 247 Å². The fraction of sp³-hybridized carbons (Fsp3) is 0.789. The fourth-order valence-electron chi connectivity index (χ4n) is 5.04. The lowest BCUT2D eigenvalue weighted by Gasteiger charge is -2.07. The second-order valence-corrected chi connectivity index (χ2v) is 12.0. The molecule has 0 aliphatic heterocycles. The Balaban J connectivity index is 3.18. The first-order chi connectivity index (χ1) is 19.3. The van der Waals surface area contributed by atoms with Crippen LogP contribution in [0.3, 0.4) is 0 Å². The summed E-state index contributed by atoms with van der Waals surface area (Å²) < 4.78 is 0. The largest absolute Gasteiger partial charge is 0.309 e. The van der Waals surface area contributed by atoms with Gasteiger partial charge < -0.3 is 4.90 Å². The Morgan fingerprint density at radius 3 is 0.923 bits per heavy atom. The minimum Gasteiger partial charge on any atom is -0.309 e. The first kappa shape index (κ1) is 37.9. The molecule has 0 spiro atoms. The van der Waals surface area contributed by atoms with E-state index in [1.54, 1.807) is 0 Å². The van der Waals surface area contributed by atoms with Gasteiger partial charge in [-0.25, -0.2) is 0 Å². The summed E-state index contributed by atoms with van der Waals surface area (Å²) in [4.78, 5) is 2.27. The third kappa shape index (κ3) is 36.9. The van der Waals surface area contributed by atoms with Gasteiger partial charge in [-0.1, -0.05) is 152 Å². The van der Waals surface area contributed by atoms with Gasteiger partial charge in [0.2, 0.25) is 0 Å². The van der Waals surface area contributed by atoms with Gasteiger partial charge in [0.1, 0.15) is 0 Å². The minimum absolute atomic E-state index is 1.11. The summed E-state index contributed by atoms with van der Waals surface area (Å²) in [7, 11) is 4.31. The van der Waals surface area contributed by atoms with Crippen LogP contribution in [0.4, 0.5) is 0 Å². The summed E-state index contributed by atoms with van der Waals surface area (Å²) in [6, 6.07) is 0. The maximum atomic E-state index is 2.39. The molecule has 0 atom stereocenters. The van der Waals surface area contributed by atoms with Crippen molar-refractivity contribution < 1.29 is 0 Å². The van der Waals surface area contributed by atoms with Crippen molar-refractivity contribution in [2.24, 2.45) is 0 Å². The van der Waals surface area contributed by atoms with E-state index in [-0.39, 0.29) is 0 Å². The first-order valence-electron chi connectivity index (χ1n) is 17.5. The number of hydrogen-bond donors (Lipinski definition) is 0. The summed E-state index contributed by atoms with van der Waals surface area (Å²) in [6.07, 6.45) is 54.4. The molecule has 0 N–H and O–H groups in total. The van der Waals surface area contributed by atoms with Gasteiger partial charge in [-0.3, -0.25) is 0 Å². The van der Waals surface area contributed by atoms with Gasteiger partial charge in [0.15, 0.2) is 0 Å². The lowest BCUT2D eigenvalue weighted by atomic mass is 10.0. The molecule has 0 saturated carbocycles. The first-order valence-corrected chi connectivity index (χ1v) is 17.5. The normalized spacial score (nSPS) is 12.5. The third-order valence-corrected chi connectivity index (χ3v) is 7.65. The van der Waals surface area contributed by atoms with Crippen molar-refractivity contribution in [2.75, 3.05) is 20.6 Å². The van der Waals surface area contributed by atoms with Crippen molar-refractivity contribution in [3.05, 3.63) is 48.6 Å². The third-order valence-electron chi connectivity index (χ3n) is 7.65. The molecule has 1 heteroatoms. The molecule has 39 heavy (non-hydrogen) atoms. The van der Waals surface area contributed by atoms with Crippen LogP contribution in [-0.4, -0.2) is 25.5 Å². The second-order valence-electron chi connectivity index (χ2n) is 12.0. The Morgan fingerprint density at radius 1 is 0.333 bits per heavy atom. The molecular weight excluding hydrogens is 470 g/mol. The van der Waals surface area contributed by atoms with Gasteiger partial charge in [-0.2, -0.15) is 0 Å². The summed E-state index contributed by atoms with van der Waals surface area (Å²) in [5.41, 5.74) is 0. The smallest absolute Gasteiger partial charge is 0.00247 e. The van der Waals surface area contributed by atoms with Crippen LogP contribution in [0.25, 0.3) is 0 Å². The molecule has 0 aliphatic rings. The SMILES string of the molecule is CCCCC/C=C\C/C=C\CCCCCCCCCCCCCCCCC/C=C\C/C=C\CCCCN(C)C. The quantitative estimate of drug-likeness (QED) is 0.0623. The molecule has 1 nitrogen and oxygen atoms in total. The number of allylic oxidation sites excluding steroid dienone is 8. The van der Waals surface area contributed by atoms with Crippen LogP contribution in [-0.2, 0) is 0 Å². The summed E-state index contributed by atoms with van der Waals surface area (Å²) >= 11 is 0. The molecule has 0 rings (SSSR count). The number of unbranched alkanes of at least 4 members (excludes halogenated alkanes) is 21. The van der Waals surface area contributed by atoms with Gasteiger partial charge in [0.25, 0.3) is 0 Å². The van der Waals surface area contributed by atoms with Crippen molar-refractivity contribution in [1.29, 1.82) is 0 Å². The molecule has 0 bridgehead atoms. The molecule has 0 fully saturated rings. The topological polar surface area (TPSA) is 3.24 Å². The highest BCUT2D eigenvalue weighted by Gasteiger charge is 1.95. The zero-order valence-corrected chi connectivity index (χ0v) is 27.2. The highest BCUT2D eigenvalue weighted by atomic mass is 15.0. The molecular formula is C38H71N. The van der Waals surface area contributed by atoms with E-state index in [0.29, 0.717) is 0 Å². The van der Waals surface area contributed by atoms with Crippen molar-refractivity contribution in [1.82, 2.24) is 4.90 Å². The predicted molar refractivity (Wildman–Crippen MR) is 181 cm³/mol.